The molecular weight excluding hydrogens is 368 g/mol. The van der Waals surface area contributed by atoms with E-state index in [4.69, 9.17) is 9.47 Å². The highest BCUT2D eigenvalue weighted by atomic mass is 16.5. The summed E-state index contributed by atoms with van der Waals surface area (Å²) in [5, 5.41) is 2.95. The molecule has 1 aliphatic carbocycles. The van der Waals surface area contributed by atoms with Crippen LogP contribution in [0.25, 0.3) is 0 Å². The molecule has 0 bridgehead atoms. The van der Waals surface area contributed by atoms with Gasteiger partial charge in [-0.15, -0.1) is 0 Å². The number of methoxy groups -OCH3 is 1. The van der Waals surface area contributed by atoms with E-state index in [2.05, 4.69) is 5.32 Å². The first-order chi connectivity index (χ1) is 14.1. The molecule has 2 aliphatic rings. The SMILES string of the molecule is COc1cccc(N2CC(C(=O)Nc3cccc(COCC4CC4)c3)CC2=O)c1. The van der Waals surface area contributed by atoms with E-state index in [1.54, 1.807) is 12.0 Å². The summed E-state index contributed by atoms with van der Waals surface area (Å²) in [6, 6.07) is 15.0. The molecule has 0 radical (unpaired) electrons. The molecular formula is C23H26N2O4. The van der Waals surface area contributed by atoms with E-state index in [-0.39, 0.29) is 24.2 Å². The molecule has 2 amide bonds. The topological polar surface area (TPSA) is 67.9 Å². The van der Waals surface area contributed by atoms with Gasteiger partial charge in [0.25, 0.3) is 0 Å². The Hall–Kier alpha value is -2.86. The van der Waals surface area contributed by atoms with Crippen molar-refractivity contribution in [3.05, 3.63) is 54.1 Å². The van der Waals surface area contributed by atoms with Crippen molar-refractivity contribution < 1.29 is 19.1 Å². The van der Waals surface area contributed by atoms with Crippen molar-refractivity contribution in [2.24, 2.45) is 11.8 Å². The highest BCUT2D eigenvalue weighted by Gasteiger charge is 2.35. The van der Waals surface area contributed by atoms with E-state index in [0.717, 1.165) is 29.5 Å². The molecule has 152 valence electrons. The molecule has 2 aromatic rings. The lowest BCUT2D eigenvalue weighted by atomic mass is 10.1. The molecule has 0 aromatic heterocycles. The number of benzene rings is 2. The van der Waals surface area contributed by atoms with E-state index in [0.29, 0.717) is 18.9 Å². The quantitative estimate of drug-likeness (QED) is 0.743. The zero-order chi connectivity index (χ0) is 20.2. The van der Waals surface area contributed by atoms with Gasteiger partial charge in [0.2, 0.25) is 11.8 Å². The molecule has 1 atom stereocenters. The molecule has 0 spiro atoms. The van der Waals surface area contributed by atoms with E-state index in [9.17, 15) is 9.59 Å². The van der Waals surface area contributed by atoms with Crippen molar-refractivity contribution in [3.63, 3.8) is 0 Å². The van der Waals surface area contributed by atoms with Gasteiger partial charge in [-0.05, 0) is 48.6 Å². The molecule has 1 N–H and O–H groups in total. The lowest BCUT2D eigenvalue weighted by Crippen LogP contribution is -2.28. The third kappa shape index (κ3) is 4.95. The Bertz CT molecular complexity index is 894. The Morgan fingerprint density at radius 3 is 2.79 bits per heavy atom. The van der Waals surface area contributed by atoms with E-state index in [1.165, 1.54) is 12.8 Å². The number of hydrogen-bond acceptors (Lipinski definition) is 4. The van der Waals surface area contributed by atoms with Crippen LogP contribution < -0.4 is 15.0 Å². The van der Waals surface area contributed by atoms with Crippen molar-refractivity contribution in [2.45, 2.75) is 25.9 Å². The second-order valence-electron chi connectivity index (χ2n) is 7.76. The van der Waals surface area contributed by atoms with Gasteiger partial charge in [0.15, 0.2) is 0 Å². The maximum Gasteiger partial charge on any atom is 0.229 e. The van der Waals surface area contributed by atoms with Gasteiger partial charge in [-0.1, -0.05) is 18.2 Å². The fourth-order valence-electron chi connectivity index (χ4n) is 3.52. The normalized spacial score (nSPS) is 18.7. The zero-order valence-corrected chi connectivity index (χ0v) is 16.6. The highest BCUT2D eigenvalue weighted by molar-refractivity contribution is 6.03. The predicted octanol–water partition coefficient (Wildman–Crippen LogP) is 3.61. The van der Waals surface area contributed by atoms with Crippen LogP contribution in [-0.2, 0) is 20.9 Å². The number of rotatable bonds is 8. The number of nitrogens with one attached hydrogen (secondary N) is 1. The summed E-state index contributed by atoms with van der Waals surface area (Å²) in [6.07, 6.45) is 2.74. The molecule has 1 saturated heterocycles. The first kappa shape index (κ1) is 19.5. The zero-order valence-electron chi connectivity index (χ0n) is 16.6. The summed E-state index contributed by atoms with van der Waals surface area (Å²) in [5.41, 5.74) is 2.51. The number of carbonyl (C=O) groups is 2. The van der Waals surface area contributed by atoms with Crippen LogP contribution >= 0.6 is 0 Å². The minimum absolute atomic E-state index is 0.0550. The van der Waals surface area contributed by atoms with Crippen LogP contribution in [0.3, 0.4) is 0 Å². The third-order valence-corrected chi connectivity index (χ3v) is 5.37. The third-order valence-electron chi connectivity index (χ3n) is 5.37. The fraction of sp³-hybridized carbons (Fsp3) is 0.391. The molecule has 6 nitrogen and oxygen atoms in total. The van der Waals surface area contributed by atoms with Gasteiger partial charge in [-0.2, -0.15) is 0 Å². The van der Waals surface area contributed by atoms with Crippen LogP contribution in [0.5, 0.6) is 5.75 Å². The molecule has 1 unspecified atom stereocenters. The second-order valence-corrected chi connectivity index (χ2v) is 7.76. The monoisotopic (exact) mass is 394 g/mol. The number of amides is 2. The molecule has 1 heterocycles. The van der Waals surface area contributed by atoms with Gasteiger partial charge < -0.3 is 19.7 Å². The smallest absolute Gasteiger partial charge is 0.229 e. The summed E-state index contributed by atoms with van der Waals surface area (Å²) < 4.78 is 11.0. The van der Waals surface area contributed by atoms with Gasteiger partial charge >= 0.3 is 0 Å². The van der Waals surface area contributed by atoms with E-state index in [1.807, 2.05) is 48.5 Å². The average Bonchev–Trinajstić information content (AvgIpc) is 3.47. The molecule has 29 heavy (non-hydrogen) atoms. The minimum Gasteiger partial charge on any atom is -0.497 e. The molecule has 1 saturated carbocycles. The highest BCUT2D eigenvalue weighted by Crippen LogP contribution is 2.30. The van der Waals surface area contributed by atoms with E-state index >= 15 is 0 Å². The van der Waals surface area contributed by atoms with Crippen molar-refractivity contribution in [1.29, 1.82) is 0 Å². The number of hydrogen-bond donors (Lipinski definition) is 1. The Kier molecular flexibility index (Phi) is 5.81. The van der Waals surface area contributed by atoms with Crippen molar-refractivity contribution in [2.75, 3.05) is 30.5 Å². The van der Waals surface area contributed by atoms with Crippen molar-refractivity contribution in [1.82, 2.24) is 0 Å². The molecule has 2 aromatic carbocycles. The second kappa shape index (κ2) is 8.66. The summed E-state index contributed by atoms with van der Waals surface area (Å²) in [6.45, 7) is 1.72. The number of carbonyl (C=O) groups excluding carboxylic acids is 2. The lowest BCUT2D eigenvalue weighted by Gasteiger charge is -2.17. The fourth-order valence-corrected chi connectivity index (χ4v) is 3.52. The van der Waals surface area contributed by atoms with Gasteiger partial charge in [-0.3, -0.25) is 9.59 Å². The summed E-state index contributed by atoms with van der Waals surface area (Å²) in [7, 11) is 1.59. The molecule has 1 aliphatic heterocycles. The van der Waals surface area contributed by atoms with Crippen LogP contribution in [0.2, 0.25) is 0 Å². The largest absolute Gasteiger partial charge is 0.497 e. The van der Waals surface area contributed by atoms with Crippen molar-refractivity contribution >= 4 is 23.2 Å². The number of nitrogens with zero attached hydrogens (tertiary/aromatic N) is 1. The maximum absolute atomic E-state index is 12.7. The van der Waals surface area contributed by atoms with Gasteiger partial charge in [0.05, 0.1) is 19.6 Å². The molecule has 2 fully saturated rings. The van der Waals surface area contributed by atoms with Gasteiger partial charge in [0.1, 0.15) is 5.75 Å². The predicted molar refractivity (Wildman–Crippen MR) is 111 cm³/mol. The lowest BCUT2D eigenvalue weighted by molar-refractivity contribution is -0.122. The Morgan fingerprint density at radius 1 is 1.17 bits per heavy atom. The Morgan fingerprint density at radius 2 is 2.00 bits per heavy atom. The van der Waals surface area contributed by atoms with Crippen LogP contribution in [0, 0.1) is 11.8 Å². The van der Waals surface area contributed by atoms with Crippen LogP contribution in [-0.4, -0.2) is 32.1 Å². The summed E-state index contributed by atoms with van der Waals surface area (Å²) in [5.74, 6) is 0.832. The Balaban J connectivity index is 1.35. The first-order valence-electron chi connectivity index (χ1n) is 10.0. The Labute approximate surface area is 170 Å². The number of ether oxygens (including phenoxy) is 2. The summed E-state index contributed by atoms with van der Waals surface area (Å²) >= 11 is 0. The number of anilines is 2. The van der Waals surface area contributed by atoms with Crippen LogP contribution in [0.1, 0.15) is 24.8 Å². The molecule has 4 rings (SSSR count). The standard InChI is InChI=1S/C23H26N2O4/c1-28-21-7-3-6-20(12-21)25-13-18(11-22(25)26)23(27)24-19-5-2-4-17(10-19)15-29-14-16-8-9-16/h2-7,10,12,16,18H,8-9,11,13-15H2,1H3,(H,24,27). The average molecular weight is 394 g/mol. The van der Waals surface area contributed by atoms with Crippen LogP contribution in [0.4, 0.5) is 11.4 Å². The summed E-state index contributed by atoms with van der Waals surface area (Å²) in [4.78, 5) is 26.8. The van der Waals surface area contributed by atoms with Crippen molar-refractivity contribution in [3.8, 4) is 5.75 Å². The molecule has 6 heteroatoms. The van der Waals surface area contributed by atoms with Gasteiger partial charge in [-0.25, -0.2) is 0 Å². The van der Waals surface area contributed by atoms with E-state index < -0.39 is 0 Å². The maximum atomic E-state index is 12.7. The van der Waals surface area contributed by atoms with Crippen LogP contribution in [0.15, 0.2) is 48.5 Å². The minimum atomic E-state index is -0.386. The van der Waals surface area contributed by atoms with Gasteiger partial charge in [0, 0.05) is 37.0 Å². The first-order valence-corrected chi connectivity index (χ1v) is 10.0.